The largest absolute Gasteiger partial charge is 0.496 e. The first-order valence-corrected chi connectivity index (χ1v) is 8.98. The van der Waals surface area contributed by atoms with E-state index in [1.54, 1.807) is 44.4 Å². The quantitative estimate of drug-likeness (QED) is 0.708. The molecule has 1 aromatic heterocycles. The van der Waals surface area contributed by atoms with Crippen LogP contribution in [-0.4, -0.2) is 41.5 Å². The van der Waals surface area contributed by atoms with Crippen LogP contribution in [0.3, 0.4) is 0 Å². The molecule has 1 unspecified atom stereocenters. The van der Waals surface area contributed by atoms with E-state index in [0.29, 0.717) is 34.0 Å². The highest BCUT2D eigenvalue weighted by molar-refractivity contribution is 6.10. The zero-order valence-electron chi connectivity index (χ0n) is 16.2. The number of nitrogens with one attached hydrogen (secondary N) is 2. The number of methoxy groups -OCH3 is 1. The topological polar surface area (TPSA) is 96.7 Å². The van der Waals surface area contributed by atoms with Crippen molar-refractivity contribution >= 4 is 23.2 Å². The van der Waals surface area contributed by atoms with Gasteiger partial charge in [0.1, 0.15) is 5.75 Å². The molecule has 0 fully saturated rings. The first kappa shape index (κ1) is 18.5. The minimum atomic E-state index is -1.29. The van der Waals surface area contributed by atoms with E-state index in [1.165, 1.54) is 18.4 Å². The summed E-state index contributed by atoms with van der Waals surface area (Å²) in [6.45, 7) is 1.66. The van der Waals surface area contributed by atoms with E-state index in [2.05, 4.69) is 15.6 Å². The molecule has 1 atom stereocenters. The molecule has 148 valence electrons. The highest BCUT2D eigenvalue weighted by atomic mass is 16.5. The third-order valence-corrected chi connectivity index (χ3v) is 5.10. The first-order valence-electron chi connectivity index (χ1n) is 8.98. The Morgan fingerprint density at radius 3 is 2.66 bits per heavy atom. The second kappa shape index (κ2) is 6.97. The predicted molar refractivity (Wildman–Crippen MR) is 108 cm³/mol. The van der Waals surface area contributed by atoms with E-state index in [0.717, 1.165) is 0 Å². The summed E-state index contributed by atoms with van der Waals surface area (Å²) in [7, 11) is 3.11. The molecule has 2 N–H and O–H groups in total. The van der Waals surface area contributed by atoms with Crippen LogP contribution >= 0.6 is 0 Å². The van der Waals surface area contributed by atoms with Gasteiger partial charge >= 0.3 is 0 Å². The molecule has 1 aliphatic rings. The number of amides is 2. The number of rotatable bonds is 4. The van der Waals surface area contributed by atoms with Gasteiger partial charge in [-0.3, -0.25) is 9.59 Å². The van der Waals surface area contributed by atoms with Crippen molar-refractivity contribution in [2.24, 2.45) is 0 Å². The van der Waals surface area contributed by atoms with E-state index in [9.17, 15) is 9.59 Å². The maximum absolute atomic E-state index is 13.1. The molecule has 2 aromatic carbocycles. The lowest BCUT2D eigenvalue weighted by Crippen LogP contribution is -2.62. The number of nitrogens with zero attached hydrogens (tertiary/aromatic N) is 2. The Bertz CT molecular complexity index is 1070. The molecule has 0 aliphatic carbocycles. The van der Waals surface area contributed by atoms with Gasteiger partial charge in [-0.1, -0.05) is 18.2 Å². The number of para-hydroxylation sites is 1. The smallest absolute Gasteiger partial charge is 0.270 e. The van der Waals surface area contributed by atoms with Gasteiger partial charge in [0, 0.05) is 18.8 Å². The predicted octanol–water partition coefficient (Wildman–Crippen LogP) is 3.20. The Labute approximate surface area is 167 Å². The lowest BCUT2D eigenvalue weighted by Gasteiger charge is -2.43. The molecular weight excluding hydrogens is 372 g/mol. The van der Waals surface area contributed by atoms with E-state index >= 15 is 0 Å². The van der Waals surface area contributed by atoms with E-state index in [4.69, 9.17) is 9.15 Å². The zero-order valence-corrected chi connectivity index (χ0v) is 16.2. The van der Waals surface area contributed by atoms with Crippen molar-refractivity contribution in [3.8, 4) is 17.1 Å². The van der Waals surface area contributed by atoms with Crippen LogP contribution in [0.2, 0.25) is 0 Å². The van der Waals surface area contributed by atoms with Crippen LogP contribution in [0, 0.1) is 0 Å². The average molecular weight is 392 g/mol. The minimum Gasteiger partial charge on any atom is -0.496 e. The van der Waals surface area contributed by atoms with Gasteiger partial charge in [-0.15, -0.1) is 0 Å². The molecule has 0 spiro atoms. The number of fused-ring (bicyclic) bond motifs is 1. The van der Waals surface area contributed by atoms with Crippen LogP contribution < -0.4 is 15.4 Å². The van der Waals surface area contributed by atoms with Gasteiger partial charge in [0.15, 0.2) is 17.8 Å². The highest BCUT2D eigenvalue weighted by Gasteiger charge is 2.45. The molecule has 2 heterocycles. The van der Waals surface area contributed by atoms with Gasteiger partial charge < -0.3 is 24.7 Å². The number of carbonyl (C=O) groups is 2. The first-order chi connectivity index (χ1) is 13.9. The molecule has 0 saturated carbocycles. The van der Waals surface area contributed by atoms with Gasteiger partial charge in [0.05, 0.1) is 30.1 Å². The summed E-state index contributed by atoms with van der Waals surface area (Å²) >= 11 is 0. The molecule has 8 nitrogen and oxygen atoms in total. The lowest BCUT2D eigenvalue weighted by atomic mass is 9.97. The lowest BCUT2D eigenvalue weighted by molar-refractivity contribution is -0.124. The van der Waals surface area contributed by atoms with Crippen LogP contribution in [0.1, 0.15) is 17.3 Å². The Hall–Kier alpha value is -3.81. The van der Waals surface area contributed by atoms with Crippen LogP contribution in [0.25, 0.3) is 11.3 Å². The summed E-state index contributed by atoms with van der Waals surface area (Å²) in [5.74, 6) is 0.322. The summed E-state index contributed by atoms with van der Waals surface area (Å²) in [5.41, 5.74) is 0.859. The fourth-order valence-electron chi connectivity index (χ4n) is 3.28. The van der Waals surface area contributed by atoms with Crippen molar-refractivity contribution in [2.75, 3.05) is 24.8 Å². The van der Waals surface area contributed by atoms with Gasteiger partial charge in [0.25, 0.3) is 11.8 Å². The van der Waals surface area contributed by atoms with Crippen molar-refractivity contribution in [3.63, 3.8) is 0 Å². The van der Waals surface area contributed by atoms with Gasteiger partial charge in [0.2, 0.25) is 0 Å². The van der Waals surface area contributed by atoms with Gasteiger partial charge in [-0.25, -0.2) is 4.98 Å². The molecule has 0 saturated heterocycles. The standard InChI is InChI=1S/C21H20N4O4/c1-21(20(27)23-13-7-5-4-6-8-13)24-16-10-17(28-3)15(18-11-22-12-29-18)9-14(16)19(26)25(21)2/h4-12,24H,1-3H3,(H,23,27). The summed E-state index contributed by atoms with van der Waals surface area (Å²) in [6, 6.07) is 12.4. The third-order valence-electron chi connectivity index (χ3n) is 5.10. The SMILES string of the molecule is COc1cc2c(cc1-c1cnco1)C(=O)N(C)C(C)(C(=O)Nc1ccccc1)N2. The number of hydrogen-bond acceptors (Lipinski definition) is 6. The van der Waals surface area contributed by atoms with Crippen molar-refractivity contribution in [1.82, 2.24) is 9.88 Å². The van der Waals surface area contributed by atoms with Crippen molar-refractivity contribution < 1.29 is 18.7 Å². The van der Waals surface area contributed by atoms with Crippen molar-refractivity contribution in [3.05, 3.63) is 60.6 Å². The fraction of sp³-hybridized carbons (Fsp3) is 0.190. The van der Waals surface area contributed by atoms with Gasteiger partial charge in [-0.2, -0.15) is 0 Å². The minimum absolute atomic E-state index is 0.298. The maximum atomic E-state index is 13.1. The number of aromatic nitrogens is 1. The zero-order chi connectivity index (χ0) is 20.6. The monoisotopic (exact) mass is 392 g/mol. The summed E-state index contributed by atoms with van der Waals surface area (Å²) < 4.78 is 10.8. The van der Waals surface area contributed by atoms with Crippen LogP contribution in [0.15, 0.2) is 59.5 Å². The molecule has 0 bridgehead atoms. The molecular formula is C21H20N4O4. The summed E-state index contributed by atoms with van der Waals surface area (Å²) in [6.07, 6.45) is 2.86. The van der Waals surface area contributed by atoms with E-state index < -0.39 is 5.66 Å². The Kier molecular flexibility index (Phi) is 4.46. The normalized spacial score (nSPS) is 18.0. The van der Waals surface area contributed by atoms with E-state index in [-0.39, 0.29) is 11.8 Å². The number of hydrogen-bond donors (Lipinski definition) is 2. The number of oxazole rings is 1. The molecule has 3 aromatic rings. The number of benzene rings is 2. The summed E-state index contributed by atoms with van der Waals surface area (Å²) in [4.78, 5) is 31.5. The highest BCUT2D eigenvalue weighted by Crippen LogP contribution is 2.39. The number of anilines is 2. The molecule has 29 heavy (non-hydrogen) atoms. The molecule has 2 amide bonds. The Balaban J connectivity index is 1.73. The number of likely N-dealkylation sites (N-methyl/N-ethyl adjacent to an activating group) is 1. The Morgan fingerprint density at radius 1 is 1.24 bits per heavy atom. The molecule has 1 aliphatic heterocycles. The number of ether oxygens (including phenoxy) is 1. The van der Waals surface area contributed by atoms with Crippen LogP contribution in [0.5, 0.6) is 5.75 Å². The molecule has 4 rings (SSSR count). The Morgan fingerprint density at radius 2 is 2.00 bits per heavy atom. The summed E-state index contributed by atoms with van der Waals surface area (Å²) in [5, 5.41) is 6.03. The van der Waals surface area contributed by atoms with Crippen molar-refractivity contribution in [2.45, 2.75) is 12.6 Å². The third kappa shape index (κ3) is 3.08. The molecule has 8 heteroatoms. The second-order valence-electron chi connectivity index (χ2n) is 6.85. The van der Waals surface area contributed by atoms with Crippen molar-refractivity contribution in [1.29, 1.82) is 0 Å². The van der Waals surface area contributed by atoms with Crippen LogP contribution in [0.4, 0.5) is 11.4 Å². The number of carbonyl (C=O) groups excluding carboxylic acids is 2. The van der Waals surface area contributed by atoms with Crippen LogP contribution in [-0.2, 0) is 4.79 Å². The average Bonchev–Trinajstić information content (AvgIpc) is 3.26. The second-order valence-corrected chi connectivity index (χ2v) is 6.85. The molecule has 0 radical (unpaired) electrons. The fourth-order valence-corrected chi connectivity index (χ4v) is 3.28. The van der Waals surface area contributed by atoms with E-state index in [1.807, 2.05) is 18.2 Å². The maximum Gasteiger partial charge on any atom is 0.270 e. The van der Waals surface area contributed by atoms with Gasteiger partial charge in [-0.05, 0) is 25.1 Å².